The SMILES string of the molecule is COc1ccc(CN(C)CC(=O)NCc2cccs2)cc1C. The van der Waals surface area contributed by atoms with Crippen LogP contribution < -0.4 is 10.1 Å². The number of methoxy groups -OCH3 is 1. The topological polar surface area (TPSA) is 41.6 Å². The summed E-state index contributed by atoms with van der Waals surface area (Å²) < 4.78 is 5.26. The lowest BCUT2D eigenvalue weighted by molar-refractivity contribution is -0.122. The Labute approximate surface area is 135 Å². The molecular weight excluding hydrogens is 296 g/mol. The molecule has 1 aromatic heterocycles. The summed E-state index contributed by atoms with van der Waals surface area (Å²) in [6.45, 7) is 3.75. The molecule has 0 atom stereocenters. The maximum Gasteiger partial charge on any atom is 0.234 e. The number of aryl methyl sites for hydroxylation is 1. The number of ether oxygens (including phenoxy) is 1. The number of thiophene rings is 1. The van der Waals surface area contributed by atoms with Crippen LogP contribution in [0.2, 0.25) is 0 Å². The molecule has 1 heterocycles. The van der Waals surface area contributed by atoms with Crippen LogP contribution in [0.3, 0.4) is 0 Å². The monoisotopic (exact) mass is 318 g/mol. The number of hydrogen-bond acceptors (Lipinski definition) is 4. The van der Waals surface area contributed by atoms with E-state index in [4.69, 9.17) is 4.74 Å². The van der Waals surface area contributed by atoms with Gasteiger partial charge in [0.15, 0.2) is 0 Å². The van der Waals surface area contributed by atoms with E-state index in [1.54, 1.807) is 18.4 Å². The summed E-state index contributed by atoms with van der Waals surface area (Å²) in [6, 6.07) is 10.1. The molecule has 1 aromatic carbocycles. The highest BCUT2D eigenvalue weighted by molar-refractivity contribution is 7.09. The number of nitrogens with one attached hydrogen (secondary N) is 1. The van der Waals surface area contributed by atoms with Gasteiger partial charge in [-0.15, -0.1) is 11.3 Å². The summed E-state index contributed by atoms with van der Waals surface area (Å²) in [5.74, 6) is 0.932. The van der Waals surface area contributed by atoms with Gasteiger partial charge in [-0.25, -0.2) is 0 Å². The smallest absolute Gasteiger partial charge is 0.234 e. The van der Waals surface area contributed by atoms with Crippen molar-refractivity contribution in [3.63, 3.8) is 0 Å². The molecule has 2 rings (SSSR count). The highest BCUT2D eigenvalue weighted by atomic mass is 32.1. The van der Waals surface area contributed by atoms with Gasteiger partial charge in [-0.3, -0.25) is 9.69 Å². The zero-order chi connectivity index (χ0) is 15.9. The second-order valence-electron chi connectivity index (χ2n) is 5.33. The van der Waals surface area contributed by atoms with Gasteiger partial charge < -0.3 is 10.1 Å². The number of nitrogens with zero attached hydrogens (tertiary/aromatic N) is 1. The molecule has 0 aliphatic heterocycles. The van der Waals surface area contributed by atoms with E-state index in [-0.39, 0.29) is 5.91 Å². The number of hydrogen-bond donors (Lipinski definition) is 1. The highest BCUT2D eigenvalue weighted by Gasteiger charge is 2.08. The number of carbonyl (C=O) groups is 1. The van der Waals surface area contributed by atoms with Crippen LogP contribution in [-0.2, 0) is 17.9 Å². The molecule has 0 spiro atoms. The van der Waals surface area contributed by atoms with Crippen molar-refractivity contribution in [2.45, 2.75) is 20.0 Å². The molecule has 0 saturated heterocycles. The van der Waals surface area contributed by atoms with E-state index >= 15 is 0 Å². The van der Waals surface area contributed by atoms with E-state index in [0.29, 0.717) is 13.1 Å². The van der Waals surface area contributed by atoms with Gasteiger partial charge in [-0.2, -0.15) is 0 Å². The summed E-state index contributed by atoms with van der Waals surface area (Å²) in [5.41, 5.74) is 2.28. The van der Waals surface area contributed by atoms with Crippen LogP contribution in [0.25, 0.3) is 0 Å². The van der Waals surface area contributed by atoms with E-state index in [0.717, 1.165) is 17.9 Å². The first kappa shape index (κ1) is 16.5. The van der Waals surface area contributed by atoms with Crippen molar-refractivity contribution in [1.29, 1.82) is 0 Å². The molecule has 2 aromatic rings. The van der Waals surface area contributed by atoms with E-state index in [2.05, 4.69) is 11.4 Å². The van der Waals surface area contributed by atoms with Crippen molar-refractivity contribution in [2.75, 3.05) is 20.7 Å². The molecule has 1 N–H and O–H groups in total. The second-order valence-corrected chi connectivity index (χ2v) is 6.36. The van der Waals surface area contributed by atoms with Crippen LogP contribution in [0.1, 0.15) is 16.0 Å². The standard InChI is InChI=1S/C17H22N2O2S/c1-13-9-14(6-7-16(13)21-3)11-19(2)12-17(20)18-10-15-5-4-8-22-15/h4-9H,10-12H2,1-3H3,(H,18,20). The molecule has 0 saturated carbocycles. The van der Waals surface area contributed by atoms with Crippen LogP contribution in [-0.4, -0.2) is 31.5 Å². The van der Waals surface area contributed by atoms with Crippen LogP contribution >= 0.6 is 11.3 Å². The minimum Gasteiger partial charge on any atom is -0.496 e. The largest absolute Gasteiger partial charge is 0.496 e. The number of rotatable bonds is 7. The van der Waals surface area contributed by atoms with Gasteiger partial charge >= 0.3 is 0 Å². The summed E-state index contributed by atoms with van der Waals surface area (Å²) in [4.78, 5) is 15.1. The van der Waals surface area contributed by atoms with Gasteiger partial charge in [0.25, 0.3) is 0 Å². The number of likely N-dealkylation sites (N-methyl/N-ethyl adjacent to an activating group) is 1. The first-order valence-corrected chi connectivity index (χ1v) is 8.07. The lowest BCUT2D eigenvalue weighted by Gasteiger charge is -2.17. The quantitative estimate of drug-likeness (QED) is 0.853. The van der Waals surface area contributed by atoms with E-state index in [9.17, 15) is 4.79 Å². The minimum absolute atomic E-state index is 0.0427. The van der Waals surface area contributed by atoms with Crippen LogP contribution in [0.5, 0.6) is 5.75 Å². The van der Waals surface area contributed by atoms with Crippen LogP contribution in [0.15, 0.2) is 35.7 Å². The number of amides is 1. The van der Waals surface area contributed by atoms with Gasteiger partial charge in [0, 0.05) is 11.4 Å². The van der Waals surface area contributed by atoms with Crippen molar-refractivity contribution >= 4 is 17.2 Å². The fourth-order valence-electron chi connectivity index (χ4n) is 2.31. The lowest BCUT2D eigenvalue weighted by atomic mass is 10.1. The molecule has 0 aliphatic rings. The third-order valence-electron chi connectivity index (χ3n) is 3.37. The Morgan fingerprint density at radius 3 is 2.82 bits per heavy atom. The molecule has 0 fully saturated rings. The normalized spacial score (nSPS) is 10.7. The first-order valence-electron chi connectivity index (χ1n) is 7.19. The summed E-state index contributed by atoms with van der Waals surface area (Å²) in [7, 11) is 3.62. The lowest BCUT2D eigenvalue weighted by Crippen LogP contribution is -2.34. The molecule has 5 heteroatoms. The molecule has 0 unspecified atom stereocenters. The van der Waals surface area contributed by atoms with Crippen LogP contribution in [0, 0.1) is 6.92 Å². The molecule has 1 amide bonds. The van der Waals surface area contributed by atoms with Crippen LogP contribution in [0.4, 0.5) is 0 Å². The average molecular weight is 318 g/mol. The van der Waals surface area contributed by atoms with Gasteiger partial charge in [0.2, 0.25) is 5.91 Å². The van der Waals surface area contributed by atoms with Crippen molar-refractivity contribution in [1.82, 2.24) is 10.2 Å². The summed E-state index contributed by atoms with van der Waals surface area (Å²) >= 11 is 1.65. The molecular formula is C17H22N2O2S. The molecule has 0 radical (unpaired) electrons. The predicted molar refractivity (Wildman–Crippen MR) is 90.2 cm³/mol. The third-order valence-corrected chi connectivity index (χ3v) is 4.24. The summed E-state index contributed by atoms with van der Waals surface area (Å²) in [6.07, 6.45) is 0. The highest BCUT2D eigenvalue weighted by Crippen LogP contribution is 2.19. The van der Waals surface area contributed by atoms with Crippen molar-refractivity contribution in [3.8, 4) is 5.75 Å². The minimum atomic E-state index is 0.0427. The Morgan fingerprint density at radius 1 is 1.36 bits per heavy atom. The predicted octanol–water partition coefficient (Wildman–Crippen LogP) is 2.81. The molecule has 4 nitrogen and oxygen atoms in total. The Morgan fingerprint density at radius 2 is 2.18 bits per heavy atom. The molecule has 22 heavy (non-hydrogen) atoms. The maximum atomic E-state index is 11.9. The Hall–Kier alpha value is -1.85. The maximum absolute atomic E-state index is 11.9. The average Bonchev–Trinajstić information content (AvgIpc) is 2.98. The number of benzene rings is 1. The zero-order valence-electron chi connectivity index (χ0n) is 13.3. The Balaban J connectivity index is 1.80. The second kappa shape index (κ2) is 7.96. The molecule has 118 valence electrons. The fourth-order valence-corrected chi connectivity index (χ4v) is 2.95. The zero-order valence-corrected chi connectivity index (χ0v) is 14.1. The van der Waals surface area contributed by atoms with Crippen molar-refractivity contribution in [2.24, 2.45) is 0 Å². The number of carbonyl (C=O) groups excluding carboxylic acids is 1. The van der Waals surface area contributed by atoms with E-state index in [1.807, 2.05) is 48.5 Å². The van der Waals surface area contributed by atoms with Gasteiger partial charge in [-0.1, -0.05) is 18.2 Å². The first-order chi connectivity index (χ1) is 10.6. The van der Waals surface area contributed by atoms with Crippen molar-refractivity contribution in [3.05, 3.63) is 51.7 Å². The Bertz CT molecular complexity index is 611. The molecule has 0 bridgehead atoms. The Kier molecular flexibility index (Phi) is 5.98. The van der Waals surface area contributed by atoms with Gasteiger partial charge in [-0.05, 0) is 42.6 Å². The fraction of sp³-hybridized carbons (Fsp3) is 0.353. The van der Waals surface area contributed by atoms with Crippen molar-refractivity contribution < 1.29 is 9.53 Å². The van der Waals surface area contributed by atoms with E-state index < -0.39 is 0 Å². The van der Waals surface area contributed by atoms with Gasteiger partial charge in [0.1, 0.15) is 5.75 Å². The summed E-state index contributed by atoms with van der Waals surface area (Å²) in [5, 5.41) is 4.95. The molecule has 0 aliphatic carbocycles. The van der Waals surface area contributed by atoms with E-state index in [1.165, 1.54) is 10.4 Å². The van der Waals surface area contributed by atoms with Gasteiger partial charge in [0.05, 0.1) is 20.2 Å². The third kappa shape index (κ3) is 4.86.